The van der Waals surface area contributed by atoms with Gasteiger partial charge in [-0.05, 0) is 42.5 Å². The number of amides is 2. The number of hydrogen-bond acceptors (Lipinski definition) is 7. The molecule has 0 aliphatic heterocycles. The number of unbranched alkanes of at least 4 members (excludes halogenated alkanes) is 4. The molecule has 0 bridgehead atoms. The van der Waals surface area contributed by atoms with Crippen molar-refractivity contribution in [2.45, 2.75) is 82.5 Å². The van der Waals surface area contributed by atoms with Gasteiger partial charge in [0.05, 0.1) is 0 Å². The number of rotatable bonds is 17. The van der Waals surface area contributed by atoms with Gasteiger partial charge in [-0.3, -0.25) is 9.59 Å². The Morgan fingerprint density at radius 1 is 1.09 bits per heavy atom. The number of carboxylic acids is 1. The van der Waals surface area contributed by atoms with Crippen LogP contribution in [0.2, 0.25) is 0 Å². The van der Waals surface area contributed by atoms with Crippen LogP contribution in [0.25, 0.3) is 0 Å². The molecule has 0 unspecified atom stereocenters. The molecule has 6 N–H and O–H groups in total. The number of thioether (sulfide) groups is 1. The van der Waals surface area contributed by atoms with E-state index in [4.69, 9.17) is 5.73 Å². The Morgan fingerprint density at radius 2 is 1.71 bits per heavy atom. The number of nitrogens with zero attached hydrogens (tertiary/aromatic N) is 1. The Hall–Kier alpha value is -2.30. The molecule has 1 rings (SSSR count). The molecule has 10 heteroatoms. The van der Waals surface area contributed by atoms with Gasteiger partial charge in [0, 0.05) is 19.5 Å². The maximum absolute atomic E-state index is 13.1. The van der Waals surface area contributed by atoms with Crippen molar-refractivity contribution in [1.82, 2.24) is 10.2 Å². The SMILES string of the molecule is CCCCCCC[C@H](N)[C@H](O)C(=O)N(C)[C@@H](CCSC)C(=O)N[C@@H](Cc1ccc(O)cc1)C(=O)O. The summed E-state index contributed by atoms with van der Waals surface area (Å²) in [6.45, 7) is 2.12. The van der Waals surface area contributed by atoms with Gasteiger partial charge < -0.3 is 31.3 Å². The van der Waals surface area contributed by atoms with E-state index in [0.717, 1.165) is 32.1 Å². The lowest BCUT2D eigenvalue weighted by Crippen LogP contribution is -2.56. The number of aliphatic hydroxyl groups excluding tert-OH is 1. The highest BCUT2D eigenvalue weighted by atomic mass is 32.2. The van der Waals surface area contributed by atoms with Crippen LogP contribution in [0.1, 0.15) is 57.4 Å². The highest BCUT2D eigenvalue weighted by molar-refractivity contribution is 7.98. The summed E-state index contributed by atoms with van der Waals surface area (Å²) in [6, 6.07) is 3.13. The summed E-state index contributed by atoms with van der Waals surface area (Å²) in [6.07, 6.45) is 6.36. The van der Waals surface area contributed by atoms with Crippen molar-refractivity contribution < 1.29 is 29.7 Å². The third kappa shape index (κ3) is 10.9. The van der Waals surface area contributed by atoms with Crippen LogP contribution in [-0.2, 0) is 20.8 Å². The molecule has 198 valence electrons. The zero-order chi connectivity index (χ0) is 26.4. The number of carboxylic acid groups (broad SMARTS) is 1. The third-order valence-electron chi connectivity index (χ3n) is 6.00. The number of likely N-dealkylation sites (N-methyl/N-ethyl adjacent to an activating group) is 1. The summed E-state index contributed by atoms with van der Waals surface area (Å²) in [4.78, 5) is 39.0. The van der Waals surface area contributed by atoms with E-state index in [0.29, 0.717) is 24.2 Å². The molecule has 0 fully saturated rings. The summed E-state index contributed by atoms with van der Waals surface area (Å²) in [7, 11) is 1.43. The van der Waals surface area contributed by atoms with Gasteiger partial charge in [-0.1, -0.05) is 51.2 Å². The first kappa shape index (κ1) is 30.7. The van der Waals surface area contributed by atoms with Gasteiger partial charge >= 0.3 is 5.97 Å². The van der Waals surface area contributed by atoms with Crippen LogP contribution in [0.3, 0.4) is 0 Å². The molecule has 2 amide bonds. The quantitative estimate of drug-likeness (QED) is 0.199. The molecule has 4 atom stereocenters. The summed E-state index contributed by atoms with van der Waals surface area (Å²) in [5, 5.41) is 32.1. The van der Waals surface area contributed by atoms with Gasteiger partial charge in [0.15, 0.2) is 0 Å². The number of nitrogens with one attached hydrogen (secondary N) is 1. The first-order valence-electron chi connectivity index (χ1n) is 12.1. The Morgan fingerprint density at radius 3 is 2.29 bits per heavy atom. The molecule has 0 aromatic heterocycles. The lowest BCUT2D eigenvalue weighted by Gasteiger charge is -2.31. The van der Waals surface area contributed by atoms with Crippen LogP contribution in [0.4, 0.5) is 0 Å². The van der Waals surface area contributed by atoms with Crippen molar-refractivity contribution in [3.05, 3.63) is 29.8 Å². The zero-order valence-corrected chi connectivity index (χ0v) is 21.8. The van der Waals surface area contributed by atoms with Crippen molar-refractivity contribution in [3.63, 3.8) is 0 Å². The Bertz CT molecular complexity index is 792. The lowest BCUT2D eigenvalue weighted by molar-refractivity contribution is -0.148. The smallest absolute Gasteiger partial charge is 0.326 e. The van der Waals surface area contributed by atoms with E-state index in [9.17, 15) is 29.7 Å². The van der Waals surface area contributed by atoms with Crippen LogP contribution in [0, 0.1) is 0 Å². The normalized spacial score (nSPS) is 14.5. The van der Waals surface area contributed by atoms with Crippen LogP contribution >= 0.6 is 11.8 Å². The topological polar surface area (TPSA) is 153 Å². The summed E-state index contributed by atoms with van der Waals surface area (Å²) < 4.78 is 0. The number of benzene rings is 1. The molecule has 1 aromatic carbocycles. The van der Waals surface area contributed by atoms with Gasteiger partial charge in [-0.15, -0.1) is 0 Å². The second kappa shape index (κ2) is 16.4. The summed E-state index contributed by atoms with van der Waals surface area (Å²) >= 11 is 1.49. The van der Waals surface area contributed by atoms with E-state index in [1.54, 1.807) is 12.1 Å². The Labute approximate surface area is 212 Å². The molecular formula is C25H41N3O6S. The fourth-order valence-corrected chi connectivity index (χ4v) is 4.21. The lowest BCUT2D eigenvalue weighted by atomic mass is 10.0. The van der Waals surface area contributed by atoms with Crippen molar-refractivity contribution >= 4 is 29.5 Å². The van der Waals surface area contributed by atoms with E-state index in [1.165, 1.54) is 35.8 Å². The van der Waals surface area contributed by atoms with E-state index in [-0.39, 0.29) is 12.2 Å². The van der Waals surface area contributed by atoms with E-state index >= 15 is 0 Å². The van der Waals surface area contributed by atoms with Gasteiger partial charge in [-0.25, -0.2) is 4.79 Å². The number of aliphatic hydroxyl groups is 1. The number of carbonyl (C=O) groups is 3. The second-order valence-corrected chi connectivity index (χ2v) is 9.81. The predicted molar refractivity (Wildman–Crippen MR) is 138 cm³/mol. The first-order chi connectivity index (χ1) is 16.6. The molecule has 1 aromatic rings. The fraction of sp³-hybridized carbons (Fsp3) is 0.640. The minimum absolute atomic E-state index is 0.0137. The second-order valence-electron chi connectivity index (χ2n) is 8.83. The van der Waals surface area contributed by atoms with E-state index < -0.39 is 42.0 Å². The van der Waals surface area contributed by atoms with Crippen molar-refractivity contribution in [2.75, 3.05) is 19.1 Å². The van der Waals surface area contributed by atoms with Gasteiger partial charge in [0.25, 0.3) is 5.91 Å². The van der Waals surface area contributed by atoms with Crippen LogP contribution in [0.15, 0.2) is 24.3 Å². The number of nitrogens with two attached hydrogens (primary N) is 1. The molecule has 9 nitrogen and oxygen atoms in total. The highest BCUT2D eigenvalue weighted by Crippen LogP contribution is 2.15. The highest BCUT2D eigenvalue weighted by Gasteiger charge is 2.34. The molecule has 35 heavy (non-hydrogen) atoms. The maximum Gasteiger partial charge on any atom is 0.326 e. The molecule has 0 saturated carbocycles. The fourth-order valence-electron chi connectivity index (χ4n) is 3.75. The standard InChI is InChI=1S/C25H41N3O6S/c1-4-5-6-7-8-9-19(26)22(30)24(32)28(2)21(14-15-35-3)23(31)27-20(25(33)34)16-17-10-12-18(29)13-11-17/h10-13,19-22,29-30H,4-9,14-16,26H2,1-3H3,(H,27,31)(H,33,34)/t19-,20-,21-,22-/m0/s1. The first-order valence-corrected chi connectivity index (χ1v) is 13.5. The molecule has 0 spiro atoms. The van der Waals surface area contributed by atoms with Crippen LogP contribution in [0.5, 0.6) is 5.75 Å². The summed E-state index contributed by atoms with van der Waals surface area (Å²) in [5.41, 5.74) is 6.69. The van der Waals surface area contributed by atoms with Gasteiger partial charge in [-0.2, -0.15) is 11.8 Å². The Kier molecular flexibility index (Phi) is 14.4. The van der Waals surface area contributed by atoms with Crippen molar-refractivity contribution in [1.29, 1.82) is 0 Å². The number of aliphatic carboxylic acids is 1. The number of carbonyl (C=O) groups excluding carboxylic acids is 2. The van der Waals surface area contributed by atoms with Crippen molar-refractivity contribution in [2.24, 2.45) is 5.73 Å². The van der Waals surface area contributed by atoms with Crippen molar-refractivity contribution in [3.8, 4) is 5.75 Å². The van der Waals surface area contributed by atoms with Crippen LogP contribution < -0.4 is 11.1 Å². The number of phenolic OH excluding ortho intramolecular Hbond substituents is 1. The molecule has 0 saturated heterocycles. The molecule has 0 radical (unpaired) electrons. The molecule has 0 aliphatic carbocycles. The Balaban J connectivity index is 2.85. The number of phenols is 1. The molecule has 0 heterocycles. The maximum atomic E-state index is 13.1. The zero-order valence-electron chi connectivity index (χ0n) is 21.0. The summed E-state index contributed by atoms with van der Waals surface area (Å²) in [5.74, 6) is -1.86. The van der Waals surface area contributed by atoms with Gasteiger partial charge in [0.1, 0.15) is 23.9 Å². The number of aromatic hydroxyl groups is 1. The third-order valence-corrected chi connectivity index (χ3v) is 6.65. The van der Waals surface area contributed by atoms with Gasteiger partial charge in [0.2, 0.25) is 5.91 Å². The minimum Gasteiger partial charge on any atom is -0.508 e. The molecular weight excluding hydrogens is 470 g/mol. The van der Waals surface area contributed by atoms with Crippen LogP contribution in [-0.4, -0.2) is 81.3 Å². The minimum atomic E-state index is -1.44. The average Bonchev–Trinajstić information content (AvgIpc) is 2.83. The largest absolute Gasteiger partial charge is 0.508 e. The predicted octanol–water partition coefficient (Wildman–Crippen LogP) is 2.13. The van der Waals surface area contributed by atoms with E-state index in [2.05, 4.69) is 12.2 Å². The average molecular weight is 512 g/mol. The van der Waals surface area contributed by atoms with E-state index in [1.807, 2.05) is 6.26 Å². The monoisotopic (exact) mass is 511 g/mol. The number of hydrogen-bond donors (Lipinski definition) is 5. The molecule has 0 aliphatic rings.